The van der Waals surface area contributed by atoms with E-state index in [1.165, 1.54) is 6.92 Å². The zero-order valence-electron chi connectivity index (χ0n) is 14.6. The van der Waals surface area contributed by atoms with Crippen LogP contribution in [0.5, 0.6) is 0 Å². The molecular weight excluding hydrogens is 340 g/mol. The van der Waals surface area contributed by atoms with Crippen LogP contribution in [0.25, 0.3) is 34.0 Å². The molecule has 0 saturated carbocycles. The highest BCUT2D eigenvalue weighted by atomic mass is 16.4. The van der Waals surface area contributed by atoms with Crippen molar-refractivity contribution in [2.45, 2.75) is 6.92 Å². The Bertz CT molecular complexity index is 1240. The number of rotatable bonds is 3. The number of carbonyl (C=O) groups is 2. The molecule has 0 atom stereocenters. The number of para-hydroxylation sites is 2. The molecule has 2 aromatic heterocycles. The standard InChI is InChI=1S/C22H16N2O3/c1-14(25)24-13-15(17-6-3-5-9-21(17)24)10-11-16-12-19(22(26)27)18-7-2-4-8-20(18)23-16/h2-13H,1H3,(H,26,27)/b11-10+. The maximum atomic E-state index is 11.9. The quantitative estimate of drug-likeness (QED) is 0.576. The average Bonchev–Trinajstić information content (AvgIpc) is 3.04. The maximum absolute atomic E-state index is 11.9. The number of pyridine rings is 1. The summed E-state index contributed by atoms with van der Waals surface area (Å²) in [5.41, 5.74) is 3.09. The topological polar surface area (TPSA) is 72.2 Å². The number of carboxylic acids is 1. The second-order valence-electron chi connectivity index (χ2n) is 6.24. The van der Waals surface area contributed by atoms with Gasteiger partial charge in [-0.05, 0) is 24.3 Å². The molecule has 0 bridgehead atoms. The Hall–Kier alpha value is -3.73. The first-order chi connectivity index (χ1) is 13.0. The van der Waals surface area contributed by atoms with Crippen LogP contribution < -0.4 is 0 Å². The largest absolute Gasteiger partial charge is 0.478 e. The van der Waals surface area contributed by atoms with Gasteiger partial charge in [0.2, 0.25) is 5.91 Å². The third kappa shape index (κ3) is 3.00. The van der Waals surface area contributed by atoms with Gasteiger partial charge in [-0.15, -0.1) is 0 Å². The number of hydrogen-bond acceptors (Lipinski definition) is 3. The fraction of sp³-hybridized carbons (Fsp3) is 0.0455. The first-order valence-electron chi connectivity index (χ1n) is 8.47. The molecule has 0 aliphatic carbocycles. The molecule has 0 saturated heterocycles. The highest BCUT2D eigenvalue weighted by molar-refractivity contribution is 6.03. The van der Waals surface area contributed by atoms with Crippen LogP contribution in [0.2, 0.25) is 0 Å². The molecule has 0 aliphatic rings. The van der Waals surface area contributed by atoms with Crippen LogP contribution in [0.15, 0.2) is 60.8 Å². The van der Waals surface area contributed by atoms with Gasteiger partial charge in [0, 0.05) is 29.5 Å². The van der Waals surface area contributed by atoms with Gasteiger partial charge in [0.25, 0.3) is 0 Å². The van der Waals surface area contributed by atoms with Crippen molar-refractivity contribution in [1.29, 1.82) is 0 Å². The van der Waals surface area contributed by atoms with Crippen molar-refractivity contribution in [2.75, 3.05) is 0 Å². The SMILES string of the molecule is CC(=O)n1cc(/C=C/c2cc(C(=O)O)c3ccccc3n2)c2ccccc21. The highest BCUT2D eigenvalue weighted by Crippen LogP contribution is 2.24. The number of benzene rings is 2. The van der Waals surface area contributed by atoms with E-state index in [1.54, 1.807) is 41.1 Å². The summed E-state index contributed by atoms with van der Waals surface area (Å²) in [6.07, 6.45) is 5.40. The fourth-order valence-corrected chi connectivity index (χ4v) is 3.23. The molecule has 2 heterocycles. The van der Waals surface area contributed by atoms with Gasteiger partial charge >= 0.3 is 5.97 Å². The van der Waals surface area contributed by atoms with E-state index in [1.807, 2.05) is 36.4 Å². The van der Waals surface area contributed by atoms with Crippen LogP contribution in [0.3, 0.4) is 0 Å². The lowest BCUT2D eigenvalue weighted by atomic mass is 10.1. The zero-order chi connectivity index (χ0) is 19.0. The minimum absolute atomic E-state index is 0.0668. The van der Waals surface area contributed by atoms with E-state index in [0.29, 0.717) is 16.6 Å². The number of fused-ring (bicyclic) bond motifs is 2. The maximum Gasteiger partial charge on any atom is 0.336 e. The highest BCUT2D eigenvalue weighted by Gasteiger charge is 2.11. The molecule has 0 aliphatic heterocycles. The average molecular weight is 356 g/mol. The van der Waals surface area contributed by atoms with Gasteiger partial charge in [-0.1, -0.05) is 42.5 Å². The predicted molar refractivity (Wildman–Crippen MR) is 106 cm³/mol. The van der Waals surface area contributed by atoms with Crippen molar-refractivity contribution in [1.82, 2.24) is 9.55 Å². The summed E-state index contributed by atoms with van der Waals surface area (Å²) in [6, 6.07) is 16.4. The van der Waals surface area contributed by atoms with Gasteiger partial charge < -0.3 is 5.11 Å². The molecule has 0 spiro atoms. The van der Waals surface area contributed by atoms with Crippen LogP contribution in [0, 0.1) is 0 Å². The van der Waals surface area contributed by atoms with Gasteiger partial charge in [-0.2, -0.15) is 0 Å². The molecule has 5 nitrogen and oxygen atoms in total. The Kier molecular flexibility index (Phi) is 4.05. The van der Waals surface area contributed by atoms with E-state index >= 15 is 0 Å². The molecule has 132 valence electrons. The minimum Gasteiger partial charge on any atom is -0.478 e. The van der Waals surface area contributed by atoms with Gasteiger partial charge in [0.1, 0.15) is 0 Å². The van der Waals surface area contributed by atoms with Crippen molar-refractivity contribution >= 4 is 45.8 Å². The Morgan fingerprint density at radius 2 is 1.70 bits per heavy atom. The van der Waals surface area contributed by atoms with Crippen LogP contribution >= 0.6 is 0 Å². The molecule has 0 fully saturated rings. The van der Waals surface area contributed by atoms with E-state index in [4.69, 9.17) is 0 Å². The van der Waals surface area contributed by atoms with Crippen molar-refractivity contribution in [2.24, 2.45) is 0 Å². The Balaban J connectivity index is 1.83. The second-order valence-corrected chi connectivity index (χ2v) is 6.24. The summed E-state index contributed by atoms with van der Waals surface area (Å²) in [7, 11) is 0. The van der Waals surface area contributed by atoms with Gasteiger partial charge in [0.15, 0.2) is 0 Å². The molecular formula is C22H16N2O3. The van der Waals surface area contributed by atoms with Crippen molar-refractivity contribution in [3.63, 3.8) is 0 Å². The molecule has 2 aromatic carbocycles. The number of carboxylic acid groups (broad SMARTS) is 1. The van der Waals surface area contributed by atoms with Crippen LogP contribution in [-0.4, -0.2) is 26.5 Å². The minimum atomic E-state index is -0.989. The monoisotopic (exact) mass is 356 g/mol. The van der Waals surface area contributed by atoms with Crippen LogP contribution in [-0.2, 0) is 0 Å². The third-order valence-corrected chi connectivity index (χ3v) is 4.48. The summed E-state index contributed by atoms with van der Waals surface area (Å²) in [5.74, 6) is -1.06. The number of aromatic nitrogens is 2. The van der Waals surface area contributed by atoms with E-state index < -0.39 is 5.97 Å². The summed E-state index contributed by atoms with van der Waals surface area (Å²) >= 11 is 0. The lowest BCUT2D eigenvalue weighted by molar-refractivity contribution is 0.0698. The van der Waals surface area contributed by atoms with Gasteiger partial charge in [-0.3, -0.25) is 9.36 Å². The van der Waals surface area contributed by atoms with Gasteiger partial charge in [-0.25, -0.2) is 9.78 Å². The molecule has 1 N–H and O–H groups in total. The van der Waals surface area contributed by atoms with Crippen molar-refractivity contribution in [3.05, 3.63) is 77.6 Å². The first-order valence-corrected chi connectivity index (χ1v) is 8.47. The predicted octanol–water partition coefficient (Wildman–Crippen LogP) is 4.72. The van der Waals surface area contributed by atoms with Crippen molar-refractivity contribution in [3.8, 4) is 0 Å². The fourth-order valence-electron chi connectivity index (χ4n) is 3.23. The molecule has 27 heavy (non-hydrogen) atoms. The number of aromatic carboxylic acids is 1. The number of hydrogen-bond donors (Lipinski definition) is 1. The molecule has 4 rings (SSSR count). The first kappa shape index (κ1) is 16.7. The number of carbonyl (C=O) groups excluding carboxylic acids is 1. The number of nitrogens with zero attached hydrogens (tertiary/aromatic N) is 2. The Morgan fingerprint density at radius 1 is 1.00 bits per heavy atom. The lowest BCUT2D eigenvalue weighted by Crippen LogP contribution is -2.02. The smallest absolute Gasteiger partial charge is 0.336 e. The van der Waals surface area contributed by atoms with Crippen LogP contribution in [0.1, 0.15) is 33.3 Å². The van der Waals surface area contributed by atoms with E-state index in [9.17, 15) is 14.7 Å². The zero-order valence-corrected chi connectivity index (χ0v) is 14.6. The summed E-state index contributed by atoms with van der Waals surface area (Å²) in [5, 5.41) is 11.1. The molecule has 0 amide bonds. The molecule has 0 radical (unpaired) electrons. The normalized spacial score (nSPS) is 11.4. The third-order valence-electron chi connectivity index (χ3n) is 4.48. The second kappa shape index (κ2) is 6.53. The van der Waals surface area contributed by atoms with E-state index in [2.05, 4.69) is 4.98 Å². The van der Waals surface area contributed by atoms with E-state index in [-0.39, 0.29) is 11.5 Å². The summed E-state index contributed by atoms with van der Waals surface area (Å²) in [4.78, 5) is 28.0. The van der Waals surface area contributed by atoms with Gasteiger partial charge in [0.05, 0.1) is 22.3 Å². The lowest BCUT2D eigenvalue weighted by Gasteiger charge is -2.04. The summed E-state index contributed by atoms with van der Waals surface area (Å²) < 4.78 is 1.60. The summed E-state index contributed by atoms with van der Waals surface area (Å²) in [6.45, 7) is 1.52. The van der Waals surface area contributed by atoms with E-state index in [0.717, 1.165) is 16.5 Å². The molecule has 4 aromatic rings. The van der Waals surface area contributed by atoms with Crippen molar-refractivity contribution < 1.29 is 14.7 Å². The molecule has 0 unspecified atom stereocenters. The van der Waals surface area contributed by atoms with Crippen LogP contribution in [0.4, 0.5) is 0 Å². The Labute approximate surface area is 155 Å². The molecule has 5 heteroatoms. The Morgan fingerprint density at radius 3 is 2.44 bits per heavy atom.